The molecule has 2 unspecified atom stereocenters. The van der Waals surface area contributed by atoms with Crippen LogP contribution in [0.15, 0.2) is 10.2 Å². The third-order valence-corrected chi connectivity index (χ3v) is 4.60. The Morgan fingerprint density at radius 3 is 2.64 bits per heavy atom. The number of nitrogens with one attached hydrogen (secondary N) is 1. The van der Waals surface area contributed by atoms with Crippen LogP contribution >= 0.6 is 0 Å². The maximum Gasteiger partial charge on any atom is 0.326 e. The van der Waals surface area contributed by atoms with E-state index in [1.807, 2.05) is 0 Å². The molecule has 0 aromatic carbocycles. The van der Waals surface area contributed by atoms with Gasteiger partial charge in [0.15, 0.2) is 5.66 Å². The molecule has 8 heteroatoms. The van der Waals surface area contributed by atoms with Gasteiger partial charge in [-0.1, -0.05) is 13.8 Å². The summed E-state index contributed by atoms with van der Waals surface area (Å²) in [5.41, 5.74) is -0.526. The molecule has 0 spiro atoms. The molecule has 2 atom stereocenters. The van der Waals surface area contributed by atoms with Crippen molar-refractivity contribution in [2.24, 2.45) is 16.1 Å². The minimum atomic E-state index is -1.03. The first kappa shape index (κ1) is 18.9. The highest BCUT2D eigenvalue weighted by Crippen LogP contribution is 2.37. The molecule has 2 amide bonds. The SMILES string of the molecule is C#CCCC1(CCC(=O)NC2CCN(C(C(=O)O)C(C)C)C2=O)N=N1. The van der Waals surface area contributed by atoms with Crippen LogP contribution in [0.1, 0.15) is 46.0 Å². The van der Waals surface area contributed by atoms with Gasteiger partial charge in [0, 0.05) is 32.2 Å². The molecular weight excluding hydrogens is 324 g/mol. The van der Waals surface area contributed by atoms with Crippen molar-refractivity contribution in [3.63, 3.8) is 0 Å². The van der Waals surface area contributed by atoms with E-state index in [1.54, 1.807) is 13.8 Å². The Balaban J connectivity index is 1.83. The second kappa shape index (κ2) is 7.64. The first-order valence-electron chi connectivity index (χ1n) is 8.50. The Labute approximate surface area is 147 Å². The highest BCUT2D eigenvalue weighted by atomic mass is 16.4. The lowest BCUT2D eigenvalue weighted by atomic mass is 10.0. The number of hydrogen-bond donors (Lipinski definition) is 2. The number of carbonyl (C=O) groups excluding carboxylic acids is 2. The predicted octanol–water partition coefficient (Wildman–Crippen LogP) is 1.17. The number of carbonyl (C=O) groups is 3. The normalized spacial score (nSPS) is 21.9. The summed E-state index contributed by atoms with van der Waals surface area (Å²) in [5, 5.41) is 20.0. The fraction of sp³-hybridized carbons (Fsp3) is 0.706. The summed E-state index contributed by atoms with van der Waals surface area (Å²) in [6.07, 6.45) is 7.49. The van der Waals surface area contributed by atoms with Crippen LogP contribution in [0.3, 0.4) is 0 Å². The van der Waals surface area contributed by atoms with Gasteiger partial charge in [-0.15, -0.1) is 12.3 Å². The Hall–Kier alpha value is -2.43. The van der Waals surface area contributed by atoms with Gasteiger partial charge in [0.2, 0.25) is 11.8 Å². The molecule has 2 rings (SSSR count). The van der Waals surface area contributed by atoms with E-state index in [0.717, 1.165) is 0 Å². The van der Waals surface area contributed by atoms with Crippen LogP contribution in [0, 0.1) is 18.3 Å². The molecular formula is C17H24N4O4. The van der Waals surface area contributed by atoms with Gasteiger partial charge >= 0.3 is 5.97 Å². The fourth-order valence-corrected chi connectivity index (χ4v) is 3.14. The largest absolute Gasteiger partial charge is 0.480 e. The van der Waals surface area contributed by atoms with E-state index in [9.17, 15) is 19.5 Å². The van der Waals surface area contributed by atoms with Crippen molar-refractivity contribution in [1.29, 1.82) is 0 Å². The number of amides is 2. The molecule has 25 heavy (non-hydrogen) atoms. The summed E-state index contributed by atoms with van der Waals surface area (Å²) < 4.78 is 0. The van der Waals surface area contributed by atoms with Crippen LogP contribution in [0.4, 0.5) is 0 Å². The van der Waals surface area contributed by atoms with Gasteiger partial charge in [0.05, 0.1) is 0 Å². The highest BCUT2D eigenvalue weighted by molar-refractivity contribution is 5.92. The zero-order chi connectivity index (χ0) is 18.6. The number of nitrogens with zero attached hydrogens (tertiary/aromatic N) is 3. The van der Waals surface area contributed by atoms with E-state index in [4.69, 9.17) is 6.42 Å². The lowest BCUT2D eigenvalue weighted by molar-refractivity contribution is -0.150. The maximum absolute atomic E-state index is 12.4. The van der Waals surface area contributed by atoms with Crippen molar-refractivity contribution < 1.29 is 19.5 Å². The van der Waals surface area contributed by atoms with Crippen molar-refractivity contribution in [2.45, 2.75) is 63.7 Å². The van der Waals surface area contributed by atoms with Gasteiger partial charge in [-0.05, 0) is 12.3 Å². The third kappa shape index (κ3) is 4.56. The second-order valence-electron chi connectivity index (χ2n) is 6.85. The van der Waals surface area contributed by atoms with E-state index in [-0.39, 0.29) is 24.2 Å². The number of hydrogen-bond acceptors (Lipinski definition) is 5. The van der Waals surface area contributed by atoms with Gasteiger partial charge in [-0.3, -0.25) is 9.59 Å². The molecule has 0 aromatic rings. The average molecular weight is 348 g/mol. The average Bonchev–Trinajstić information content (AvgIpc) is 3.24. The number of terminal acetylenes is 1. The molecule has 136 valence electrons. The predicted molar refractivity (Wildman–Crippen MR) is 89.4 cm³/mol. The molecule has 0 bridgehead atoms. The summed E-state index contributed by atoms with van der Waals surface area (Å²) in [7, 11) is 0. The first-order chi connectivity index (χ1) is 11.8. The van der Waals surface area contributed by atoms with Crippen molar-refractivity contribution in [1.82, 2.24) is 10.2 Å². The van der Waals surface area contributed by atoms with Gasteiger partial charge < -0.3 is 15.3 Å². The third-order valence-electron chi connectivity index (χ3n) is 4.60. The van der Waals surface area contributed by atoms with Crippen LogP contribution < -0.4 is 5.32 Å². The first-order valence-corrected chi connectivity index (χ1v) is 8.50. The molecule has 2 N–H and O–H groups in total. The van der Waals surface area contributed by atoms with Crippen LogP contribution in [-0.4, -0.2) is 52.1 Å². The number of likely N-dealkylation sites (tertiary alicyclic amines) is 1. The molecule has 2 aliphatic rings. The van der Waals surface area contributed by atoms with E-state index in [1.165, 1.54) is 4.90 Å². The van der Waals surface area contributed by atoms with Crippen molar-refractivity contribution in [2.75, 3.05) is 6.54 Å². The van der Waals surface area contributed by atoms with Crippen LogP contribution in [0.2, 0.25) is 0 Å². The van der Waals surface area contributed by atoms with E-state index in [2.05, 4.69) is 21.5 Å². The van der Waals surface area contributed by atoms with Gasteiger partial charge in [-0.25, -0.2) is 4.79 Å². The molecule has 2 aliphatic heterocycles. The molecule has 8 nitrogen and oxygen atoms in total. The molecule has 0 aliphatic carbocycles. The smallest absolute Gasteiger partial charge is 0.326 e. The van der Waals surface area contributed by atoms with E-state index >= 15 is 0 Å². The molecule has 1 fully saturated rings. The molecule has 1 saturated heterocycles. The quantitative estimate of drug-likeness (QED) is 0.609. The second-order valence-corrected chi connectivity index (χ2v) is 6.85. The zero-order valence-electron chi connectivity index (χ0n) is 14.6. The fourth-order valence-electron chi connectivity index (χ4n) is 3.14. The van der Waals surface area contributed by atoms with Gasteiger partial charge in [0.25, 0.3) is 0 Å². The summed E-state index contributed by atoms with van der Waals surface area (Å²) in [4.78, 5) is 37.3. The lowest BCUT2D eigenvalue weighted by Crippen LogP contribution is -2.49. The Morgan fingerprint density at radius 1 is 1.44 bits per heavy atom. The summed E-state index contributed by atoms with van der Waals surface area (Å²) in [6.45, 7) is 3.85. The maximum atomic E-state index is 12.4. The van der Waals surface area contributed by atoms with Crippen molar-refractivity contribution in [3.8, 4) is 12.3 Å². The molecule has 2 heterocycles. The number of carboxylic acids is 1. The number of aliphatic carboxylic acids is 1. The Bertz CT molecular complexity index is 617. The Kier molecular flexibility index (Phi) is 5.77. The van der Waals surface area contributed by atoms with Gasteiger partial charge in [0.1, 0.15) is 12.1 Å². The number of carboxylic acid groups (broad SMARTS) is 1. The molecule has 0 aromatic heterocycles. The zero-order valence-corrected chi connectivity index (χ0v) is 14.6. The summed E-state index contributed by atoms with van der Waals surface area (Å²) in [6, 6.07) is -1.53. The topological polar surface area (TPSA) is 111 Å². The molecule has 0 saturated carbocycles. The van der Waals surface area contributed by atoms with Crippen LogP contribution in [-0.2, 0) is 14.4 Å². The van der Waals surface area contributed by atoms with E-state index < -0.39 is 23.7 Å². The minimum Gasteiger partial charge on any atom is -0.480 e. The van der Waals surface area contributed by atoms with Crippen LogP contribution in [0.25, 0.3) is 0 Å². The van der Waals surface area contributed by atoms with Crippen molar-refractivity contribution in [3.05, 3.63) is 0 Å². The number of rotatable bonds is 9. The minimum absolute atomic E-state index is 0.202. The molecule has 0 radical (unpaired) electrons. The monoisotopic (exact) mass is 348 g/mol. The van der Waals surface area contributed by atoms with Gasteiger partial charge in [-0.2, -0.15) is 10.2 Å². The van der Waals surface area contributed by atoms with Crippen LogP contribution in [0.5, 0.6) is 0 Å². The summed E-state index contributed by atoms with van der Waals surface area (Å²) in [5.74, 6) is 0.711. The van der Waals surface area contributed by atoms with Crippen molar-refractivity contribution >= 4 is 17.8 Å². The summed E-state index contributed by atoms with van der Waals surface area (Å²) >= 11 is 0. The highest BCUT2D eigenvalue weighted by Gasteiger charge is 2.42. The van der Waals surface area contributed by atoms with E-state index in [0.29, 0.717) is 32.2 Å². The Morgan fingerprint density at radius 2 is 2.12 bits per heavy atom. The standard InChI is InChI=1S/C17H24N4O4/c1-4-5-8-17(19-20-17)9-6-13(22)18-12-7-10-21(15(12)23)14(11(2)3)16(24)25/h1,11-12,14H,5-10H2,2-3H3,(H,18,22)(H,24,25). The lowest BCUT2D eigenvalue weighted by Gasteiger charge is -2.27.